The van der Waals surface area contributed by atoms with Gasteiger partial charge < -0.3 is 10.1 Å². The third-order valence-corrected chi connectivity index (χ3v) is 2.21. The molecule has 0 saturated heterocycles. The van der Waals surface area contributed by atoms with Gasteiger partial charge in [-0.15, -0.1) is 0 Å². The van der Waals surface area contributed by atoms with Crippen LogP contribution in [0.2, 0.25) is 0 Å². The second kappa shape index (κ2) is 5.78. The lowest BCUT2D eigenvalue weighted by Crippen LogP contribution is -2.27. The largest absolute Gasteiger partial charge is 0.366 e. The van der Waals surface area contributed by atoms with E-state index in [2.05, 4.69) is 5.32 Å². The molecule has 0 radical (unpaired) electrons. The number of amides is 1. The van der Waals surface area contributed by atoms with Gasteiger partial charge in [0.25, 0.3) is 0 Å². The molecule has 1 amide bonds. The van der Waals surface area contributed by atoms with Crippen LogP contribution in [0.25, 0.3) is 0 Å². The van der Waals surface area contributed by atoms with E-state index >= 15 is 0 Å². The number of Topliss-reactive ketones (excluding diaryl/α,β-unsaturated/α-hetero) is 1. The number of ether oxygens (including phenoxy) is 1. The lowest BCUT2D eigenvalue weighted by Gasteiger charge is -2.19. The molecule has 0 spiro atoms. The molecule has 1 rings (SSSR count). The van der Waals surface area contributed by atoms with E-state index in [9.17, 15) is 9.59 Å². The van der Waals surface area contributed by atoms with Crippen LogP contribution in [0.15, 0.2) is 24.3 Å². The van der Waals surface area contributed by atoms with Gasteiger partial charge in [0, 0.05) is 11.3 Å². The average molecular weight is 249 g/mol. The van der Waals surface area contributed by atoms with Crippen molar-refractivity contribution in [3.05, 3.63) is 29.8 Å². The van der Waals surface area contributed by atoms with Crippen molar-refractivity contribution in [2.45, 2.75) is 33.3 Å². The lowest BCUT2D eigenvalue weighted by molar-refractivity contribution is -0.125. The maximum Gasteiger partial charge on any atom is 0.250 e. The maximum absolute atomic E-state index is 11.6. The van der Waals surface area contributed by atoms with E-state index in [1.165, 1.54) is 6.92 Å². The van der Waals surface area contributed by atoms with E-state index in [0.29, 0.717) is 11.3 Å². The fraction of sp³-hybridized carbons (Fsp3) is 0.429. The normalized spacial score (nSPS) is 11.1. The quantitative estimate of drug-likeness (QED) is 0.834. The summed E-state index contributed by atoms with van der Waals surface area (Å²) in [6.07, 6.45) is 0. The number of carbonyl (C=O) groups is 2. The first kappa shape index (κ1) is 14.4. The van der Waals surface area contributed by atoms with Crippen LogP contribution in [-0.2, 0) is 9.53 Å². The van der Waals surface area contributed by atoms with Crippen LogP contribution in [0.1, 0.15) is 38.1 Å². The molecule has 0 atom stereocenters. The number of hydrogen-bond acceptors (Lipinski definition) is 3. The van der Waals surface area contributed by atoms with Crippen molar-refractivity contribution in [2.24, 2.45) is 0 Å². The van der Waals surface area contributed by atoms with Crippen molar-refractivity contribution in [1.29, 1.82) is 0 Å². The van der Waals surface area contributed by atoms with Crippen LogP contribution in [0.3, 0.4) is 0 Å². The second-order valence-corrected chi connectivity index (χ2v) is 5.08. The van der Waals surface area contributed by atoms with E-state index in [4.69, 9.17) is 4.74 Å². The highest BCUT2D eigenvalue weighted by Gasteiger charge is 2.12. The Labute approximate surface area is 107 Å². The van der Waals surface area contributed by atoms with Crippen LogP contribution >= 0.6 is 0 Å². The van der Waals surface area contributed by atoms with Crippen LogP contribution in [0, 0.1) is 0 Å². The van der Waals surface area contributed by atoms with Crippen LogP contribution in [0.4, 0.5) is 5.69 Å². The van der Waals surface area contributed by atoms with Gasteiger partial charge in [-0.25, -0.2) is 0 Å². The molecule has 1 N–H and O–H groups in total. The standard InChI is InChI=1S/C14H19NO3/c1-10(16)11-5-7-12(8-6-11)15-13(17)9-18-14(2,3)4/h5-8H,9H2,1-4H3,(H,15,17). The smallest absolute Gasteiger partial charge is 0.250 e. The molecule has 0 aliphatic carbocycles. The molecule has 1 aromatic carbocycles. The monoisotopic (exact) mass is 249 g/mol. The molecule has 0 fully saturated rings. The molecule has 0 aliphatic heterocycles. The first-order valence-electron chi connectivity index (χ1n) is 5.83. The van der Waals surface area contributed by atoms with Crippen molar-refractivity contribution < 1.29 is 14.3 Å². The van der Waals surface area contributed by atoms with Crippen LogP contribution in [0.5, 0.6) is 0 Å². The molecule has 0 saturated carbocycles. The van der Waals surface area contributed by atoms with Crippen LogP contribution in [-0.4, -0.2) is 23.9 Å². The van der Waals surface area contributed by atoms with Crippen molar-refractivity contribution >= 4 is 17.4 Å². The Bertz CT molecular complexity index is 429. The molecule has 18 heavy (non-hydrogen) atoms. The van der Waals surface area contributed by atoms with Crippen molar-refractivity contribution in [3.8, 4) is 0 Å². The predicted octanol–water partition coefficient (Wildman–Crippen LogP) is 2.64. The minimum Gasteiger partial charge on any atom is -0.366 e. The third kappa shape index (κ3) is 5.10. The molecule has 0 aromatic heterocycles. The Hall–Kier alpha value is -1.68. The van der Waals surface area contributed by atoms with E-state index in [-0.39, 0.29) is 23.9 Å². The van der Waals surface area contributed by atoms with E-state index in [0.717, 1.165) is 0 Å². The predicted molar refractivity (Wildman–Crippen MR) is 70.8 cm³/mol. The van der Waals surface area contributed by atoms with Gasteiger partial charge in [0.15, 0.2) is 5.78 Å². The fourth-order valence-corrected chi connectivity index (χ4v) is 1.27. The van der Waals surface area contributed by atoms with Gasteiger partial charge in [0.1, 0.15) is 6.61 Å². The van der Waals surface area contributed by atoms with Gasteiger partial charge in [-0.3, -0.25) is 9.59 Å². The van der Waals surface area contributed by atoms with E-state index < -0.39 is 0 Å². The minimum absolute atomic E-state index is 0.00365. The van der Waals surface area contributed by atoms with Gasteiger partial charge in [-0.1, -0.05) is 0 Å². The summed E-state index contributed by atoms with van der Waals surface area (Å²) in [5.74, 6) is -0.204. The van der Waals surface area contributed by atoms with Gasteiger partial charge in [-0.2, -0.15) is 0 Å². The molecule has 1 aromatic rings. The third-order valence-electron chi connectivity index (χ3n) is 2.21. The summed E-state index contributed by atoms with van der Waals surface area (Å²) in [6, 6.07) is 6.77. The first-order chi connectivity index (χ1) is 8.28. The molecule has 0 heterocycles. The molecule has 0 bridgehead atoms. The highest BCUT2D eigenvalue weighted by molar-refractivity contribution is 5.95. The average Bonchev–Trinajstić information content (AvgIpc) is 2.26. The SMILES string of the molecule is CC(=O)c1ccc(NC(=O)COC(C)(C)C)cc1. The number of hydrogen-bond donors (Lipinski definition) is 1. The molecular formula is C14H19NO3. The zero-order chi connectivity index (χ0) is 13.8. The lowest BCUT2D eigenvalue weighted by atomic mass is 10.1. The number of nitrogens with one attached hydrogen (secondary N) is 1. The summed E-state index contributed by atoms with van der Waals surface area (Å²) in [6.45, 7) is 7.19. The summed E-state index contributed by atoms with van der Waals surface area (Å²) in [7, 11) is 0. The van der Waals surface area contributed by atoms with Crippen molar-refractivity contribution in [1.82, 2.24) is 0 Å². The Kier molecular flexibility index (Phi) is 4.62. The molecule has 0 unspecified atom stereocenters. The number of carbonyl (C=O) groups excluding carboxylic acids is 2. The number of anilines is 1. The minimum atomic E-state index is -0.337. The summed E-state index contributed by atoms with van der Waals surface area (Å²) >= 11 is 0. The first-order valence-corrected chi connectivity index (χ1v) is 5.83. The Balaban J connectivity index is 2.52. The van der Waals surface area contributed by atoms with E-state index in [1.807, 2.05) is 20.8 Å². The molecule has 0 aliphatic rings. The summed E-state index contributed by atoms with van der Waals surface area (Å²) in [5.41, 5.74) is 0.942. The Morgan fingerprint density at radius 2 is 1.72 bits per heavy atom. The summed E-state index contributed by atoms with van der Waals surface area (Å²) in [4.78, 5) is 22.7. The van der Waals surface area contributed by atoms with Crippen molar-refractivity contribution in [3.63, 3.8) is 0 Å². The van der Waals surface area contributed by atoms with Gasteiger partial charge in [0.2, 0.25) is 5.91 Å². The zero-order valence-electron chi connectivity index (χ0n) is 11.2. The highest BCUT2D eigenvalue weighted by Crippen LogP contribution is 2.11. The number of rotatable bonds is 4. The summed E-state index contributed by atoms with van der Waals surface area (Å²) < 4.78 is 5.36. The van der Waals surface area contributed by atoms with Crippen LogP contribution < -0.4 is 5.32 Å². The molecule has 4 heteroatoms. The van der Waals surface area contributed by atoms with Gasteiger partial charge in [0.05, 0.1) is 5.60 Å². The summed E-state index contributed by atoms with van der Waals surface area (Å²) in [5, 5.41) is 2.71. The molecular weight excluding hydrogens is 230 g/mol. The van der Waals surface area contributed by atoms with Crippen molar-refractivity contribution in [2.75, 3.05) is 11.9 Å². The highest BCUT2D eigenvalue weighted by atomic mass is 16.5. The molecule has 4 nitrogen and oxygen atoms in total. The Morgan fingerprint density at radius 1 is 1.17 bits per heavy atom. The Morgan fingerprint density at radius 3 is 2.17 bits per heavy atom. The fourth-order valence-electron chi connectivity index (χ4n) is 1.27. The number of benzene rings is 1. The van der Waals surface area contributed by atoms with Gasteiger partial charge >= 0.3 is 0 Å². The topological polar surface area (TPSA) is 55.4 Å². The van der Waals surface area contributed by atoms with Gasteiger partial charge in [-0.05, 0) is 52.0 Å². The second-order valence-electron chi connectivity index (χ2n) is 5.08. The number of ketones is 1. The maximum atomic E-state index is 11.6. The van der Waals surface area contributed by atoms with E-state index in [1.54, 1.807) is 24.3 Å². The zero-order valence-corrected chi connectivity index (χ0v) is 11.2. The molecule has 98 valence electrons.